The van der Waals surface area contributed by atoms with Crippen molar-refractivity contribution in [3.05, 3.63) is 59.7 Å². The van der Waals surface area contributed by atoms with Crippen LogP contribution in [0.2, 0.25) is 0 Å². The molecule has 6 heteroatoms. The van der Waals surface area contributed by atoms with Gasteiger partial charge in [0.1, 0.15) is 5.75 Å². The largest absolute Gasteiger partial charge is 0.495 e. The molecule has 2 aromatic rings. The lowest BCUT2D eigenvalue weighted by Gasteiger charge is -2.22. The predicted molar refractivity (Wildman–Crippen MR) is 119 cm³/mol. The molecular formula is C23H32N4O2. The third-order valence-electron chi connectivity index (χ3n) is 5.18. The number of hydrogen-bond donors (Lipinski definition) is 3. The maximum atomic E-state index is 10.5. The molecule has 0 radical (unpaired) electrons. The minimum absolute atomic E-state index is 0.286. The summed E-state index contributed by atoms with van der Waals surface area (Å²) in [5.41, 5.74) is 3.19. The quantitative estimate of drug-likeness (QED) is 0.496. The number of aryl methyl sites for hydroxylation is 1. The third-order valence-corrected chi connectivity index (χ3v) is 5.18. The second-order valence-corrected chi connectivity index (χ2v) is 7.39. The maximum absolute atomic E-state index is 10.5. The predicted octanol–water partition coefficient (Wildman–Crippen LogP) is 2.87. The summed E-state index contributed by atoms with van der Waals surface area (Å²) in [4.78, 5) is 6.94. The molecule has 1 aliphatic rings. The number of nitrogens with one attached hydrogen (secondary N) is 2. The third kappa shape index (κ3) is 5.64. The molecule has 6 nitrogen and oxygen atoms in total. The standard InChI is InChI=1S/C23H32N4O2/c1-4-24-23(25-15-21(28)18-11-9-17(2)10-12-18)26-19-13-14-27(16-19)20-7-5-6-8-22(20)29-3/h5-12,19,21,28H,4,13-16H2,1-3H3,(H2,24,25,26). The molecule has 0 bridgehead atoms. The summed E-state index contributed by atoms with van der Waals surface area (Å²) in [5.74, 6) is 1.64. The van der Waals surface area contributed by atoms with Gasteiger partial charge in [0.15, 0.2) is 5.96 Å². The Kier molecular flexibility index (Phi) is 7.36. The van der Waals surface area contributed by atoms with Gasteiger partial charge in [-0.05, 0) is 38.0 Å². The van der Waals surface area contributed by atoms with Gasteiger partial charge >= 0.3 is 0 Å². The zero-order chi connectivity index (χ0) is 20.6. The Balaban J connectivity index is 1.60. The average Bonchev–Trinajstić information content (AvgIpc) is 3.20. The molecule has 29 heavy (non-hydrogen) atoms. The number of ether oxygens (including phenoxy) is 1. The van der Waals surface area contributed by atoms with Crippen LogP contribution >= 0.6 is 0 Å². The zero-order valence-electron chi connectivity index (χ0n) is 17.6. The lowest BCUT2D eigenvalue weighted by molar-refractivity contribution is 0.187. The van der Waals surface area contributed by atoms with Crippen LogP contribution in [0.1, 0.15) is 30.6 Å². The van der Waals surface area contributed by atoms with Crippen LogP contribution in [0.5, 0.6) is 5.75 Å². The summed E-state index contributed by atoms with van der Waals surface area (Å²) >= 11 is 0. The van der Waals surface area contributed by atoms with Crippen LogP contribution in [0.15, 0.2) is 53.5 Å². The van der Waals surface area contributed by atoms with Gasteiger partial charge < -0.3 is 25.4 Å². The lowest BCUT2D eigenvalue weighted by atomic mass is 10.1. The Hall–Kier alpha value is -2.73. The molecule has 2 unspecified atom stereocenters. The molecule has 2 atom stereocenters. The molecule has 3 N–H and O–H groups in total. The van der Waals surface area contributed by atoms with E-state index >= 15 is 0 Å². The summed E-state index contributed by atoms with van der Waals surface area (Å²) in [6, 6.07) is 16.3. The fourth-order valence-electron chi connectivity index (χ4n) is 3.57. The number of nitrogens with zero attached hydrogens (tertiary/aromatic N) is 2. The molecule has 0 spiro atoms. The first-order valence-corrected chi connectivity index (χ1v) is 10.3. The van der Waals surface area contributed by atoms with Crippen LogP contribution in [0, 0.1) is 6.92 Å². The van der Waals surface area contributed by atoms with Crippen molar-refractivity contribution in [3.63, 3.8) is 0 Å². The van der Waals surface area contributed by atoms with E-state index in [-0.39, 0.29) is 6.04 Å². The minimum atomic E-state index is -0.611. The fraction of sp³-hybridized carbons (Fsp3) is 0.435. The number of methoxy groups -OCH3 is 1. The van der Waals surface area contributed by atoms with E-state index in [0.29, 0.717) is 6.54 Å². The Morgan fingerprint density at radius 3 is 2.72 bits per heavy atom. The maximum Gasteiger partial charge on any atom is 0.191 e. The molecule has 0 saturated carbocycles. The normalized spacial score (nSPS) is 17.9. The molecule has 3 rings (SSSR count). The first-order valence-electron chi connectivity index (χ1n) is 10.3. The smallest absolute Gasteiger partial charge is 0.191 e. The molecule has 0 amide bonds. The van der Waals surface area contributed by atoms with E-state index in [1.165, 1.54) is 5.56 Å². The summed E-state index contributed by atoms with van der Waals surface area (Å²) in [6.07, 6.45) is 0.405. The van der Waals surface area contributed by atoms with Crippen molar-refractivity contribution >= 4 is 11.6 Å². The highest BCUT2D eigenvalue weighted by atomic mass is 16.5. The monoisotopic (exact) mass is 396 g/mol. The van der Waals surface area contributed by atoms with Crippen LogP contribution in [-0.2, 0) is 0 Å². The number of anilines is 1. The second-order valence-electron chi connectivity index (χ2n) is 7.39. The van der Waals surface area contributed by atoms with E-state index in [1.54, 1.807) is 7.11 Å². The molecule has 0 aliphatic carbocycles. The number of aliphatic hydroxyl groups excluding tert-OH is 1. The highest BCUT2D eigenvalue weighted by molar-refractivity contribution is 5.80. The van der Waals surface area contributed by atoms with Gasteiger partial charge in [0.2, 0.25) is 0 Å². The Labute approximate surface area is 173 Å². The van der Waals surface area contributed by atoms with Gasteiger partial charge in [0, 0.05) is 25.7 Å². The number of aliphatic hydroxyl groups is 1. The number of rotatable bonds is 7. The van der Waals surface area contributed by atoms with Crippen LogP contribution in [0.25, 0.3) is 0 Å². The second kappa shape index (κ2) is 10.2. The number of benzene rings is 2. The van der Waals surface area contributed by atoms with E-state index in [9.17, 15) is 5.11 Å². The molecule has 156 valence electrons. The van der Waals surface area contributed by atoms with E-state index in [2.05, 4.69) is 26.6 Å². The lowest BCUT2D eigenvalue weighted by Crippen LogP contribution is -2.44. The van der Waals surface area contributed by atoms with Gasteiger partial charge in [-0.1, -0.05) is 42.0 Å². The zero-order valence-corrected chi connectivity index (χ0v) is 17.6. The van der Waals surface area contributed by atoms with Crippen molar-refractivity contribution in [2.45, 2.75) is 32.4 Å². The number of guanidine groups is 1. The molecule has 0 aromatic heterocycles. The highest BCUT2D eigenvalue weighted by Gasteiger charge is 2.25. The minimum Gasteiger partial charge on any atom is -0.495 e. The molecule has 2 aromatic carbocycles. The molecular weight excluding hydrogens is 364 g/mol. The van der Waals surface area contributed by atoms with Gasteiger partial charge in [-0.15, -0.1) is 0 Å². The molecule has 1 heterocycles. The van der Waals surface area contributed by atoms with Gasteiger partial charge in [0.05, 0.1) is 25.4 Å². The Morgan fingerprint density at radius 1 is 1.24 bits per heavy atom. The van der Waals surface area contributed by atoms with Crippen LogP contribution in [0.3, 0.4) is 0 Å². The van der Waals surface area contributed by atoms with Crippen molar-refractivity contribution in [3.8, 4) is 5.75 Å². The average molecular weight is 397 g/mol. The summed E-state index contributed by atoms with van der Waals surface area (Å²) < 4.78 is 5.50. The van der Waals surface area contributed by atoms with Crippen molar-refractivity contribution in [1.82, 2.24) is 10.6 Å². The topological polar surface area (TPSA) is 69.1 Å². The van der Waals surface area contributed by atoms with E-state index in [1.807, 2.05) is 56.3 Å². The van der Waals surface area contributed by atoms with Gasteiger partial charge in [-0.3, -0.25) is 4.99 Å². The summed E-state index contributed by atoms with van der Waals surface area (Å²) in [6.45, 7) is 7.02. The molecule has 1 aliphatic heterocycles. The van der Waals surface area contributed by atoms with Crippen LogP contribution in [0.4, 0.5) is 5.69 Å². The summed E-state index contributed by atoms with van der Waals surface area (Å²) in [7, 11) is 1.71. The SMILES string of the molecule is CCNC(=NCC(O)c1ccc(C)cc1)NC1CCN(c2ccccc2OC)C1. The van der Waals surface area contributed by atoms with E-state index < -0.39 is 6.10 Å². The van der Waals surface area contributed by atoms with Crippen molar-refractivity contribution in [2.24, 2.45) is 4.99 Å². The summed E-state index contributed by atoms with van der Waals surface area (Å²) in [5, 5.41) is 17.3. The number of aliphatic imine (C=N–C) groups is 1. The fourth-order valence-corrected chi connectivity index (χ4v) is 3.57. The first-order chi connectivity index (χ1) is 14.1. The van der Waals surface area contributed by atoms with E-state index in [4.69, 9.17) is 4.74 Å². The first kappa shape index (κ1) is 21.0. The molecule has 1 fully saturated rings. The van der Waals surface area contributed by atoms with Crippen molar-refractivity contribution in [1.29, 1.82) is 0 Å². The Morgan fingerprint density at radius 2 is 2.00 bits per heavy atom. The van der Waals surface area contributed by atoms with Crippen LogP contribution < -0.4 is 20.3 Å². The number of para-hydroxylation sites is 2. The number of hydrogen-bond acceptors (Lipinski definition) is 4. The molecule has 1 saturated heterocycles. The van der Waals surface area contributed by atoms with Crippen molar-refractivity contribution < 1.29 is 9.84 Å². The van der Waals surface area contributed by atoms with Gasteiger partial charge in [-0.2, -0.15) is 0 Å². The van der Waals surface area contributed by atoms with E-state index in [0.717, 1.165) is 49.0 Å². The van der Waals surface area contributed by atoms with Gasteiger partial charge in [0.25, 0.3) is 0 Å². The van der Waals surface area contributed by atoms with Gasteiger partial charge in [-0.25, -0.2) is 0 Å². The van der Waals surface area contributed by atoms with Crippen LogP contribution in [-0.4, -0.2) is 50.4 Å². The highest BCUT2D eigenvalue weighted by Crippen LogP contribution is 2.30. The van der Waals surface area contributed by atoms with Crippen molar-refractivity contribution in [2.75, 3.05) is 38.2 Å². The Bertz CT molecular complexity index is 807.